The molecule has 8 heteroatoms. The predicted molar refractivity (Wildman–Crippen MR) is 115 cm³/mol. The normalized spacial score (nSPS) is 10.5. The maximum absolute atomic E-state index is 12.2. The van der Waals surface area contributed by atoms with E-state index in [1.54, 1.807) is 0 Å². The number of thiazole rings is 1. The number of nitrogens with zero attached hydrogens (tertiary/aromatic N) is 3. The molecule has 1 amide bonds. The molecule has 0 spiro atoms. The maximum atomic E-state index is 12.2. The van der Waals surface area contributed by atoms with E-state index in [1.807, 2.05) is 49.6 Å². The molecule has 0 bridgehead atoms. The van der Waals surface area contributed by atoms with E-state index < -0.39 is 0 Å². The zero-order valence-corrected chi connectivity index (χ0v) is 17.7. The minimum absolute atomic E-state index is 0.118. The van der Waals surface area contributed by atoms with Gasteiger partial charge >= 0.3 is 0 Å². The van der Waals surface area contributed by atoms with Crippen molar-refractivity contribution in [1.29, 1.82) is 5.26 Å². The number of pyridine rings is 1. The van der Waals surface area contributed by atoms with Crippen molar-refractivity contribution >= 4 is 45.7 Å². The molecule has 142 valence electrons. The summed E-state index contributed by atoms with van der Waals surface area (Å²) in [7, 11) is 0. The number of amides is 1. The summed E-state index contributed by atoms with van der Waals surface area (Å²) in [4.78, 5) is 21.1. The van der Waals surface area contributed by atoms with E-state index >= 15 is 0 Å². The molecular formula is C20H17ClN4OS2. The Morgan fingerprint density at radius 2 is 2.04 bits per heavy atom. The van der Waals surface area contributed by atoms with Crippen molar-refractivity contribution in [2.45, 2.75) is 25.3 Å². The third-order valence-corrected chi connectivity index (χ3v) is 5.87. The topological polar surface area (TPSA) is 78.7 Å². The highest BCUT2D eigenvalue weighted by Gasteiger charge is 2.12. The number of nitriles is 1. The summed E-state index contributed by atoms with van der Waals surface area (Å²) in [6.45, 7) is 3.79. The standard InChI is InChI=1S/C20H17ClN4OS2/c1-12-9-13(2)23-19(16(12)10-22)27-8-7-18(26)25-20-24-17(11-28-20)14-3-5-15(21)6-4-14/h3-6,9,11H,7-8H2,1-2H3,(H,24,25,26). The van der Waals surface area contributed by atoms with Crippen LogP contribution in [0.1, 0.15) is 23.2 Å². The number of carbonyl (C=O) groups is 1. The van der Waals surface area contributed by atoms with Gasteiger partial charge in [0.1, 0.15) is 11.1 Å². The van der Waals surface area contributed by atoms with Crippen LogP contribution in [-0.2, 0) is 4.79 Å². The van der Waals surface area contributed by atoms with Gasteiger partial charge in [-0.15, -0.1) is 23.1 Å². The number of aromatic nitrogens is 2. The Hall–Kier alpha value is -2.40. The maximum Gasteiger partial charge on any atom is 0.226 e. The second-order valence-electron chi connectivity index (χ2n) is 6.06. The van der Waals surface area contributed by atoms with E-state index in [2.05, 4.69) is 21.4 Å². The molecule has 0 aliphatic heterocycles. The van der Waals surface area contributed by atoms with Crippen molar-refractivity contribution < 1.29 is 4.79 Å². The van der Waals surface area contributed by atoms with Crippen molar-refractivity contribution in [2.24, 2.45) is 0 Å². The molecule has 1 aromatic carbocycles. The molecule has 0 atom stereocenters. The number of nitrogens with one attached hydrogen (secondary N) is 1. The lowest BCUT2D eigenvalue weighted by Gasteiger charge is -2.07. The minimum atomic E-state index is -0.118. The number of hydrogen-bond acceptors (Lipinski definition) is 6. The molecule has 3 rings (SSSR count). The average Bonchev–Trinajstić information content (AvgIpc) is 3.10. The zero-order valence-electron chi connectivity index (χ0n) is 15.3. The Balaban J connectivity index is 1.56. The fraction of sp³-hybridized carbons (Fsp3) is 0.200. The molecule has 0 fully saturated rings. The number of rotatable bonds is 6. The Morgan fingerprint density at radius 1 is 1.29 bits per heavy atom. The molecular weight excluding hydrogens is 412 g/mol. The number of hydrogen-bond donors (Lipinski definition) is 1. The molecule has 3 aromatic rings. The van der Waals surface area contributed by atoms with Gasteiger partial charge in [0, 0.05) is 33.8 Å². The van der Waals surface area contributed by atoms with Crippen LogP contribution in [0.5, 0.6) is 0 Å². The van der Waals surface area contributed by atoms with E-state index in [1.165, 1.54) is 23.1 Å². The summed E-state index contributed by atoms with van der Waals surface area (Å²) in [6, 6.07) is 11.5. The lowest BCUT2D eigenvalue weighted by molar-refractivity contribution is -0.115. The third-order valence-electron chi connectivity index (χ3n) is 3.88. The highest BCUT2D eigenvalue weighted by atomic mass is 35.5. The monoisotopic (exact) mass is 428 g/mol. The van der Waals surface area contributed by atoms with Crippen LogP contribution in [-0.4, -0.2) is 21.6 Å². The fourth-order valence-electron chi connectivity index (χ4n) is 2.55. The van der Waals surface area contributed by atoms with Crippen molar-refractivity contribution in [1.82, 2.24) is 9.97 Å². The summed E-state index contributed by atoms with van der Waals surface area (Å²) >= 11 is 8.70. The Kier molecular flexibility index (Phi) is 6.68. The minimum Gasteiger partial charge on any atom is -0.302 e. The van der Waals surface area contributed by atoms with Gasteiger partial charge in [0.05, 0.1) is 11.3 Å². The molecule has 2 heterocycles. The molecule has 0 saturated carbocycles. The first-order chi connectivity index (χ1) is 13.5. The number of thioether (sulfide) groups is 1. The SMILES string of the molecule is Cc1cc(C)c(C#N)c(SCCC(=O)Nc2nc(-c3ccc(Cl)cc3)cs2)n1. The first kappa shape index (κ1) is 20.3. The van der Waals surface area contributed by atoms with Crippen LogP contribution in [0, 0.1) is 25.2 Å². The number of carbonyl (C=O) groups excluding carboxylic acids is 1. The third kappa shape index (κ3) is 5.10. The lowest BCUT2D eigenvalue weighted by atomic mass is 10.1. The molecule has 0 aliphatic carbocycles. The summed E-state index contributed by atoms with van der Waals surface area (Å²) < 4.78 is 0. The molecule has 1 N–H and O–H groups in total. The molecule has 28 heavy (non-hydrogen) atoms. The quantitative estimate of drug-likeness (QED) is 0.527. The summed E-state index contributed by atoms with van der Waals surface area (Å²) in [5.74, 6) is 0.415. The van der Waals surface area contributed by atoms with Crippen LogP contribution in [0.2, 0.25) is 5.02 Å². The molecule has 5 nitrogen and oxygen atoms in total. The van der Waals surface area contributed by atoms with Gasteiger partial charge < -0.3 is 5.32 Å². The van der Waals surface area contributed by atoms with E-state index in [4.69, 9.17) is 11.6 Å². The van der Waals surface area contributed by atoms with Crippen LogP contribution in [0.25, 0.3) is 11.3 Å². The molecule has 0 unspecified atom stereocenters. The van der Waals surface area contributed by atoms with Crippen molar-refractivity contribution in [3.05, 3.63) is 57.6 Å². The van der Waals surface area contributed by atoms with E-state index in [0.717, 1.165) is 22.5 Å². The average molecular weight is 429 g/mol. The number of anilines is 1. The first-order valence-electron chi connectivity index (χ1n) is 8.48. The van der Waals surface area contributed by atoms with Gasteiger partial charge in [-0.25, -0.2) is 9.97 Å². The molecule has 0 aliphatic rings. The van der Waals surface area contributed by atoms with E-state index in [-0.39, 0.29) is 5.91 Å². The van der Waals surface area contributed by atoms with Gasteiger partial charge in [-0.3, -0.25) is 4.79 Å². The van der Waals surface area contributed by atoms with Gasteiger partial charge in [0.15, 0.2) is 5.13 Å². The summed E-state index contributed by atoms with van der Waals surface area (Å²) in [5, 5.41) is 15.9. The summed E-state index contributed by atoms with van der Waals surface area (Å²) in [5.41, 5.74) is 4.08. The number of benzene rings is 1. The van der Waals surface area contributed by atoms with E-state index in [0.29, 0.717) is 32.9 Å². The number of aryl methyl sites for hydroxylation is 2. The number of halogens is 1. The van der Waals surface area contributed by atoms with Crippen LogP contribution in [0.4, 0.5) is 5.13 Å². The Morgan fingerprint density at radius 3 is 2.75 bits per heavy atom. The Bertz CT molecular complexity index is 1040. The van der Waals surface area contributed by atoms with Crippen LogP contribution in [0.3, 0.4) is 0 Å². The van der Waals surface area contributed by atoms with Gasteiger partial charge in [-0.05, 0) is 37.6 Å². The van der Waals surface area contributed by atoms with Crippen LogP contribution >= 0.6 is 34.7 Å². The first-order valence-corrected chi connectivity index (χ1v) is 10.7. The van der Waals surface area contributed by atoms with Gasteiger partial charge in [-0.2, -0.15) is 5.26 Å². The highest BCUT2D eigenvalue weighted by molar-refractivity contribution is 7.99. The largest absolute Gasteiger partial charge is 0.302 e. The van der Waals surface area contributed by atoms with Gasteiger partial charge in [-0.1, -0.05) is 23.7 Å². The van der Waals surface area contributed by atoms with Crippen molar-refractivity contribution in [3.63, 3.8) is 0 Å². The zero-order chi connectivity index (χ0) is 20.1. The fourth-order valence-corrected chi connectivity index (χ4v) is 4.45. The summed E-state index contributed by atoms with van der Waals surface area (Å²) in [6.07, 6.45) is 0.306. The molecule has 2 aromatic heterocycles. The second-order valence-corrected chi connectivity index (χ2v) is 8.44. The van der Waals surface area contributed by atoms with Gasteiger partial charge in [0.2, 0.25) is 5.91 Å². The highest BCUT2D eigenvalue weighted by Crippen LogP contribution is 2.27. The van der Waals surface area contributed by atoms with Gasteiger partial charge in [0.25, 0.3) is 0 Å². The Labute approximate surface area is 176 Å². The lowest BCUT2D eigenvalue weighted by Crippen LogP contribution is -2.12. The smallest absolute Gasteiger partial charge is 0.226 e. The molecule has 0 saturated heterocycles. The predicted octanol–water partition coefficient (Wildman–Crippen LogP) is 5.47. The van der Waals surface area contributed by atoms with Crippen LogP contribution < -0.4 is 5.32 Å². The van der Waals surface area contributed by atoms with Crippen molar-refractivity contribution in [3.8, 4) is 17.3 Å². The van der Waals surface area contributed by atoms with Crippen LogP contribution in [0.15, 0.2) is 40.7 Å². The van der Waals surface area contributed by atoms with E-state index in [9.17, 15) is 10.1 Å². The van der Waals surface area contributed by atoms with Crippen molar-refractivity contribution in [2.75, 3.05) is 11.1 Å². The second kappa shape index (κ2) is 9.20. The molecule has 0 radical (unpaired) electrons.